The number of nitrogens with one attached hydrogen (secondary N) is 1. The van der Waals surface area contributed by atoms with Crippen LogP contribution in [-0.4, -0.2) is 9.97 Å². The molecule has 0 saturated carbocycles. The van der Waals surface area contributed by atoms with Crippen LogP contribution in [0.3, 0.4) is 0 Å². The highest BCUT2D eigenvalue weighted by molar-refractivity contribution is 9.10. The summed E-state index contributed by atoms with van der Waals surface area (Å²) < 4.78 is 0.961. The van der Waals surface area contributed by atoms with E-state index in [1.54, 1.807) is 11.3 Å². The molecule has 98 valence electrons. The minimum Gasteiger partial charge on any atom is -0.389 e. The van der Waals surface area contributed by atoms with Crippen LogP contribution in [0.5, 0.6) is 0 Å². The van der Waals surface area contributed by atoms with Gasteiger partial charge in [0.2, 0.25) is 0 Å². The van der Waals surface area contributed by atoms with Gasteiger partial charge >= 0.3 is 0 Å². The molecule has 0 amide bonds. The molecule has 3 rings (SSSR count). The van der Waals surface area contributed by atoms with E-state index in [1.807, 2.05) is 18.2 Å². The standard InChI is InChI=1S/C13H12BrN3S2/c14-7-4-5-9(8(6-7)12(15)18)16-13-17-10-2-1-3-11(10)19-13/h4-6H,1-3H2,(H2,15,18)(H,16,17). The SMILES string of the molecule is NC(=S)c1cc(Br)ccc1Nc1nc2c(s1)CCC2. The number of aryl methyl sites for hydroxylation is 2. The smallest absolute Gasteiger partial charge is 0.187 e. The molecule has 0 saturated heterocycles. The van der Waals surface area contributed by atoms with E-state index in [-0.39, 0.29) is 0 Å². The van der Waals surface area contributed by atoms with Crippen molar-refractivity contribution in [2.45, 2.75) is 19.3 Å². The summed E-state index contributed by atoms with van der Waals surface area (Å²) >= 11 is 10.2. The Balaban J connectivity index is 1.92. The number of halogens is 1. The first-order valence-corrected chi connectivity index (χ1v) is 8.00. The lowest BCUT2D eigenvalue weighted by atomic mass is 10.2. The van der Waals surface area contributed by atoms with Crippen LogP contribution in [-0.2, 0) is 12.8 Å². The Hall–Kier alpha value is -0.980. The first-order chi connectivity index (χ1) is 9.13. The number of aromatic nitrogens is 1. The molecule has 0 spiro atoms. The fraction of sp³-hybridized carbons (Fsp3) is 0.231. The zero-order valence-electron chi connectivity index (χ0n) is 10.1. The second-order valence-electron chi connectivity index (χ2n) is 4.42. The van der Waals surface area contributed by atoms with Crippen molar-refractivity contribution in [2.75, 3.05) is 5.32 Å². The van der Waals surface area contributed by atoms with Crippen molar-refractivity contribution in [1.29, 1.82) is 0 Å². The highest BCUT2D eigenvalue weighted by Crippen LogP contribution is 2.33. The predicted molar refractivity (Wildman–Crippen MR) is 87.5 cm³/mol. The third-order valence-corrected chi connectivity index (χ3v) is 4.87. The van der Waals surface area contributed by atoms with E-state index in [4.69, 9.17) is 18.0 Å². The molecule has 0 fully saturated rings. The zero-order valence-corrected chi connectivity index (χ0v) is 13.3. The number of thiazole rings is 1. The summed E-state index contributed by atoms with van der Waals surface area (Å²) in [5.41, 5.74) is 8.74. The molecule has 1 heterocycles. The first-order valence-electron chi connectivity index (χ1n) is 5.98. The third-order valence-electron chi connectivity index (χ3n) is 3.08. The molecule has 0 atom stereocenters. The molecule has 1 aliphatic rings. The topological polar surface area (TPSA) is 50.9 Å². The normalized spacial score (nSPS) is 13.3. The molecular formula is C13H12BrN3S2. The number of fused-ring (bicyclic) bond motifs is 1. The lowest BCUT2D eigenvalue weighted by molar-refractivity contribution is 0.900. The van der Waals surface area contributed by atoms with E-state index in [1.165, 1.54) is 17.0 Å². The van der Waals surface area contributed by atoms with Gasteiger partial charge in [0.25, 0.3) is 0 Å². The van der Waals surface area contributed by atoms with Crippen molar-refractivity contribution in [3.05, 3.63) is 38.8 Å². The van der Waals surface area contributed by atoms with E-state index in [2.05, 4.69) is 26.2 Å². The fourth-order valence-electron chi connectivity index (χ4n) is 2.19. The van der Waals surface area contributed by atoms with Crippen molar-refractivity contribution in [3.8, 4) is 0 Å². The largest absolute Gasteiger partial charge is 0.389 e. The summed E-state index contributed by atoms with van der Waals surface area (Å²) in [4.78, 5) is 6.40. The second kappa shape index (κ2) is 5.19. The summed E-state index contributed by atoms with van der Waals surface area (Å²) in [7, 11) is 0. The summed E-state index contributed by atoms with van der Waals surface area (Å²) in [6.45, 7) is 0. The van der Waals surface area contributed by atoms with E-state index in [0.717, 1.165) is 33.7 Å². The number of nitrogens with zero attached hydrogens (tertiary/aromatic N) is 1. The molecule has 0 radical (unpaired) electrons. The number of nitrogens with two attached hydrogens (primary N) is 1. The van der Waals surface area contributed by atoms with Gasteiger partial charge in [-0.1, -0.05) is 28.1 Å². The maximum Gasteiger partial charge on any atom is 0.187 e. The highest BCUT2D eigenvalue weighted by Gasteiger charge is 2.17. The summed E-state index contributed by atoms with van der Waals surface area (Å²) in [5, 5.41) is 4.25. The molecule has 19 heavy (non-hydrogen) atoms. The molecule has 0 unspecified atom stereocenters. The van der Waals surface area contributed by atoms with Crippen LogP contribution in [0.1, 0.15) is 22.6 Å². The van der Waals surface area contributed by atoms with Gasteiger partial charge in [0.1, 0.15) is 4.99 Å². The van der Waals surface area contributed by atoms with Crippen LogP contribution in [0.25, 0.3) is 0 Å². The molecular weight excluding hydrogens is 342 g/mol. The first kappa shape index (κ1) is 13.0. The quantitative estimate of drug-likeness (QED) is 0.824. The van der Waals surface area contributed by atoms with E-state index in [9.17, 15) is 0 Å². The molecule has 3 nitrogen and oxygen atoms in total. The Kier molecular flexibility index (Phi) is 3.56. The molecule has 1 aromatic carbocycles. The number of hydrogen-bond donors (Lipinski definition) is 2. The Bertz CT molecular complexity index is 630. The van der Waals surface area contributed by atoms with E-state index >= 15 is 0 Å². The van der Waals surface area contributed by atoms with Gasteiger partial charge in [-0.2, -0.15) is 0 Å². The van der Waals surface area contributed by atoms with Crippen LogP contribution in [0.15, 0.2) is 22.7 Å². The predicted octanol–water partition coefficient (Wildman–Crippen LogP) is 3.77. The van der Waals surface area contributed by atoms with Crippen molar-refractivity contribution in [2.24, 2.45) is 5.73 Å². The third kappa shape index (κ3) is 2.66. The van der Waals surface area contributed by atoms with Gasteiger partial charge < -0.3 is 11.1 Å². The van der Waals surface area contributed by atoms with E-state index < -0.39 is 0 Å². The van der Waals surface area contributed by atoms with Gasteiger partial charge in [0.15, 0.2) is 5.13 Å². The number of thiocarbonyl (C=S) groups is 1. The Morgan fingerprint density at radius 3 is 3.00 bits per heavy atom. The van der Waals surface area contributed by atoms with Crippen molar-refractivity contribution in [3.63, 3.8) is 0 Å². The van der Waals surface area contributed by atoms with Crippen LogP contribution in [0, 0.1) is 0 Å². The number of anilines is 2. The maximum absolute atomic E-state index is 5.76. The van der Waals surface area contributed by atoms with Crippen LogP contribution >= 0.6 is 39.5 Å². The minimum absolute atomic E-state index is 0.382. The van der Waals surface area contributed by atoms with Crippen molar-refractivity contribution >= 4 is 55.3 Å². The van der Waals surface area contributed by atoms with Gasteiger partial charge in [-0.25, -0.2) is 4.98 Å². The molecule has 2 aromatic rings. The summed E-state index contributed by atoms with van der Waals surface area (Å²) in [6.07, 6.45) is 3.47. The van der Waals surface area contributed by atoms with Gasteiger partial charge in [0, 0.05) is 14.9 Å². The van der Waals surface area contributed by atoms with Gasteiger partial charge in [-0.3, -0.25) is 0 Å². The molecule has 1 aliphatic carbocycles. The van der Waals surface area contributed by atoms with Crippen LogP contribution in [0.2, 0.25) is 0 Å². The molecule has 6 heteroatoms. The van der Waals surface area contributed by atoms with Crippen LogP contribution < -0.4 is 11.1 Å². The van der Waals surface area contributed by atoms with Gasteiger partial charge in [-0.15, -0.1) is 11.3 Å². The van der Waals surface area contributed by atoms with Crippen molar-refractivity contribution < 1.29 is 0 Å². The second-order valence-corrected chi connectivity index (χ2v) is 6.86. The zero-order chi connectivity index (χ0) is 13.4. The van der Waals surface area contributed by atoms with Gasteiger partial charge in [0.05, 0.1) is 11.4 Å². The maximum atomic E-state index is 5.76. The summed E-state index contributed by atoms with van der Waals surface area (Å²) in [6, 6.07) is 5.85. The monoisotopic (exact) mass is 353 g/mol. The summed E-state index contributed by atoms with van der Waals surface area (Å²) in [5.74, 6) is 0. The fourth-order valence-corrected chi connectivity index (χ4v) is 3.78. The lowest BCUT2D eigenvalue weighted by Gasteiger charge is -2.09. The van der Waals surface area contributed by atoms with Gasteiger partial charge in [-0.05, 0) is 37.5 Å². The molecule has 3 N–H and O–H groups in total. The van der Waals surface area contributed by atoms with Crippen LogP contribution in [0.4, 0.5) is 10.8 Å². The Labute approximate surface area is 129 Å². The van der Waals surface area contributed by atoms with Crippen molar-refractivity contribution in [1.82, 2.24) is 4.98 Å². The lowest BCUT2D eigenvalue weighted by Crippen LogP contribution is -2.11. The average molecular weight is 354 g/mol. The number of hydrogen-bond acceptors (Lipinski definition) is 4. The highest BCUT2D eigenvalue weighted by atomic mass is 79.9. The average Bonchev–Trinajstić information content (AvgIpc) is 2.91. The Morgan fingerprint density at radius 2 is 2.26 bits per heavy atom. The molecule has 0 bridgehead atoms. The number of rotatable bonds is 3. The number of benzene rings is 1. The van der Waals surface area contributed by atoms with E-state index in [0.29, 0.717) is 4.99 Å². The minimum atomic E-state index is 0.382. The Morgan fingerprint density at radius 1 is 1.42 bits per heavy atom. The molecule has 0 aliphatic heterocycles. The molecule has 1 aromatic heterocycles.